The summed E-state index contributed by atoms with van der Waals surface area (Å²) < 4.78 is 5.08. The molecule has 0 saturated carbocycles. The van der Waals surface area contributed by atoms with Crippen molar-refractivity contribution >= 4 is 18.1 Å². The number of benzene rings is 1. The highest BCUT2D eigenvalue weighted by Crippen LogP contribution is 2.08. The van der Waals surface area contributed by atoms with Gasteiger partial charge in [-0.15, -0.1) is 0 Å². The van der Waals surface area contributed by atoms with Crippen LogP contribution in [0.2, 0.25) is 0 Å². The number of nitrogens with one attached hydrogen (secondary N) is 1. The molecule has 0 unspecified atom stereocenters. The molecule has 0 spiro atoms. The minimum Gasteiger partial charge on any atom is -0.478 e. The largest absolute Gasteiger partial charge is 0.478 e. The second-order valence-corrected chi connectivity index (χ2v) is 5.22. The number of alkyl carbamates (subject to hydrolysis) is 1. The van der Waals surface area contributed by atoms with E-state index in [9.17, 15) is 9.59 Å². The Labute approximate surface area is 118 Å². The molecule has 2 N–H and O–H groups in total. The highest BCUT2D eigenvalue weighted by atomic mass is 16.6. The molecule has 0 fully saturated rings. The lowest BCUT2D eigenvalue weighted by Gasteiger charge is -2.19. The molecule has 0 saturated heterocycles. The van der Waals surface area contributed by atoms with Crippen molar-refractivity contribution in [1.82, 2.24) is 5.32 Å². The number of carbonyl (C=O) groups is 2. The Morgan fingerprint density at radius 2 is 2.05 bits per heavy atom. The van der Waals surface area contributed by atoms with Gasteiger partial charge in [0.25, 0.3) is 0 Å². The summed E-state index contributed by atoms with van der Waals surface area (Å²) in [5, 5.41) is 11.4. The number of carboxylic acid groups (broad SMARTS) is 1. The molecule has 0 heterocycles. The van der Waals surface area contributed by atoms with Gasteiger partial charge in [-0.1, -0.05) is 24.3 Å². The predicted molar refractivity (Wildman–Crippen MR) is 76.7 cm³/mol. The van der Waals surface area contributed by atoms with Gasteiger partial charge < -0.3 is 15.2 Å². The van der Waals surface area contributed by atoms with Gasteiger partial charge in [0.2, 0.25) is 0 Å². The van der Waals surface area contributed by atoms with Gasteiger partial charge in [0.1, 0.15) is 5.60 Å². The minimum absolute atomic E-state index is 0.229. The Bertz CT molecular complexity index is 515. The van der Waals surface area contributed by atoms with Gasteiger partial charge in [-0.25, -0.2) is 9.59 Å². The number of hydrogen-bond donors (Lipinski definition) is 2. The molecule has 0 aliphatic rings. The van der Waals surface area contributed by atoms with Crippen molar-refractivity contribution in [1.29, 1.82) is 0 Å². The van der Waals surface area contributed by atoms with Crippen LogP contribution >= 0.6 is 0 Å². The van der Waals surface area contributed by atoms with E-state index < -0.39 is 17.7 Å². The molecule has 0 aliphatic heterocycles. The van der Waals surface area contributed by atoms with Crippen molar-refractivity contribution in [3.63, 3.8) is 0 Å². The standard InChI is InChI=1S/C15H19NO4/c1-15(2,3)20-14(19)16-9-5-7-11-6-4-8-12(10-11)13(17)18/h4-8,10H,9H2,1-3H3,(H,16,19)(H,17,18). The fourth-order valence-electron chi connectivity index (χ4n) is 1.43. The number of carbonyl (C=O) groups excluding carboxylic acids is 1. The number of ether oxygens (including phenoxy) is 1. The topological polar surface area (TPSA) is 75.6 Å². The van der Waals surface area contributed by atoms with E-state index in [-0.39, 0.29) is 5.56 Å². The van der Waals surface area contributed by atoms with E-state index in [0.29, 0.717) is 6.54 Å². The summed E-state index contributed by atoms with van der Waals surface area (Å²) in [7, 11) is 0. The van der Waals surface area contributed by atoms with Crippen LogP contribution in [0.3, 0.4) is 0 Å². The molecule has 5 heteroatoms. The van der Waals surface area contributed by atoms with E-state index >= 15 is 0 Å². The molecule has 0 radical (unpaired) electrons. The zero-order valence-corrected chi connectivity index (χ0v) is 11.8. The van der Waals surface area contributed by atoms with Crippen LogP contribution in [0, 0.1) is 0 Å². The van der Waals surface area contributed by atoms with Gasteiger partial charge in [0.05, 0.1) is 5.56 Å². The molecule has 1 rings (SSSR count). The van der Waals surface area contributed by atoms with Crippen LogP contribution in [0.15, 0.2) is 30.3 Å². The second-order valence-electron chi connectivity index (χ2n) is 5.22. The Morgan fingerprint density at radius 1 is 1.35 bits per heavy atom. The van der Waals surface area contributed by atoms with E-state index in [1.54, 1.807) is 51.1 Å². The van der Waals surface area contributed by atoms with Crippen LogP contribution in [0.4, 0.5) is 4.79 Å². The minimum atomic E-state index is -0.966. The molecular formula is C15H19NO4. The van der Waals surface area contributed by atoms with Crippen LogP contribution in [0.25, 0.3) is 6.08 Å². The van der Waals surface area contributed by atoms with Crippen molar-refractivity contribution in [2.75, 3.05) is 6.54 Å². The Balaban J connectivity index is 2.47. The van der Waals surface area contributed by atoms with Gasteiger partial charge in [0, 0.05) is 6.54 Å². The van der Waals surface area contributed by atoms with Crippen LogP contribution in [0.1, 0.15) is 36.7 Å². The average molecular weight is 277 g/mol. The lowest BCUT2D eigenvalue weighted by atomic mass is 10.1. The highest BCUT2D eigenvalue weighted by Gasteiger charge is 2.14. The van der Waals surface area contributed by atoms with Crippen molar-refractivity contribution in [2.45, 2.75) is 26.4 Å². The summed E-state index contributed by atoms with van der Waals surface area (Å²) >= 11 is 0. The van der Waals surface area contributed by atoms with E-state index in [1.807, 2.05) is 0 Å². The summed E-state index contributed by atoms with van der Waals surface area (Å²) in [5.74, 6) is -0.966. The Morgan fingerprint density at radius 3 is 2.65 bits per heavy atom. The first-order valence-electron chi connectivity index (χ1n) is 6.25. The third kappa shape index (κ3) is 6.04. The molecule has 1 aromatic carbocycles. The molecule has 0 atom stereocenters. The number of aromatic carboxylic acids is 1. The van der Waals surface area contributed by atoms with E-state index in [0.717, 1.165) is 5.56 Å². The fraction of sp³-hybridized carbons (Fsp3) is 0.333. The normalized spacial score (nSPS) is 11.3. The van der Waals surface area contributed by atoms with Crippen LogP contribution in [-0.4, -0.2) is 29.3 Å². The number of amides is 1. The number of hydrogen-bond acceptors (Lipinski definition) is 3. The summed E-state index contributed by atoms with van der Waals surface area (Å²) in [6, 6.07) is 6.55. The molecule has 0 bridgehead atoms. The lowest BCUT2D eigenvalue weighted by Crippen LogP contribution is -2.32. The van der Waals surface area contributed by atoms with Crippen LogP contribution < -0.4 is 5.32 Å². The Kier molecular flexibility index (Phi) is 5.32. The van der Waals surface area contributed by atoms with Crippen molar-refractivity contribution < 1.29 is 19.4 Å². The first kappa shape index (κ1) is 15.8. The molecule has 1 aromatic rings. The number of carboxylic acids is 1. The first-order valence-corrected chi connectivity index (χ1v) is 6.25. The molecule has 5 nitrogen and oxygen atoms in total. The molecule has 108 valence electrons. The molecule has 0 aromatic heterocycles. The van der Waals surface area contributed by atoms with Crippen LogP contribution in [-0.2, 0) is 4.74 Å². The smallest absolute Gasteiger partial charge is 0.407 e. The summed E-state index contributed by atoms with van der Waals surface area (Å²) in [6.07, 6.45) is 2.98. The van der Waals surface area contributed by atoms with Gasteiger partial charge >= 0.3 is 12.1 Å². The maximum absolute atomic E-state index is 11.4. The van der Waals surface area contributed by atoms with Gasteiger partial charge in [-0.3, -0.25) is 0 Å². The second kappa shape index (κ2) is 6.75. The maximum Gasteiger partial charge on any atom is 0.407 e. The fourth-order valence-corrected chi connectivity index (χ4v) is 1.43. The third-order valence-corrected chi connectivity index (χ3v) is 2.21. The predicted octanol–water partition coefficient (Wildman–Crippen LogP) is 2.92. The zero-order chi connectivity index (χ0) is 15.2. The van der Waals surface area contributed by atoms with Gasteiger partial charge in [-0.05, 0) is 38.5 Å². The summed E-state index contributed by atoms with van der Waals surface area (Å²) in [5.41, 5.74) is 0.465. The first-order chi connectivity index (χ1) is 9.28. The molecule has 0 aliphatic carbocycles. The quantitative estimate of drug-likeness (QED) is 0.887. The Hall–Kier alpha value is -2.30. The molecular weight excluding hydrogens is 258 g/mol. The van der Waals surface area contributed by atoms with Crippen molar-refractivity contribution in [3.05, 3.63) is 41.5 Å². The summed E-state index contributed by atoms with van der Waals surface area (Å²) in [4.78, 5) is 22.2. The van der Waals surface area contributed by atoms with Crippen molar-refractivity contribution in [2.24, 2.45) is 0 Å². The third-order valence-electron chi connectivity index (χ3n) is 2.21. The van der Waals surface area contributed by atoms with Crippen molar-refractivity contribution in [3.8, 4) is 0 Å². The SMILES string of the molecule is CC(C)(C)OC(=O)NCC=Cc1cccc(C(=O)O)c1. The van der Waals surface area contributed by atoms with E-state index in [2.05, 4.69) is 5.32 Å². The van der Waals surface area contributed by atoms with Crippen LogP contribution in [0.5, 0.6) is 0 Å². The molecule has 1 amide bonds. The highest BCUT2D eigenvalue weighted by molar-refractivity contribution is 5.88. The van der Waals surface area contributed by atoms with E-state index in [1.165, 1.54) is 6.07 Å². The lowest BCUT2D eigenvalue weighted by molar-refractivity contribution is 0.0533. The summed E-state index contributed by atoms with van der Waals surface area (Å²) in [6.45, 7) is 5.69. The zero-order valence-electron chi connectivity index (χ0n) is 11.8. The maximum atomic E-state index is 11.4. The van der Waals surface area contributed by atoms with Gasteiger partial charge in [-0.2, -0.15) is 0 Å². The van der Waals surface area contributed by atoms with E-state index in [4.69, 9.17) is 9.84 Å². The molecule has 20 heavy (non-hydrogen) atoms. The van der Waals surface area contributed by atoms with Gasteiger partial charge in [0.15, 0.2) is 0 Å². The average Bonchev–Trinajstić information content (AvgIpc) is 2.33. The monoisotopic (exact) mass is 277 g/mol. The number of rotatable bonds is 4.